The summed E-state index contributed by atoms with van der Waals surface area (Å²) in [6.45, 7) is 7.38. The second-order valence-corrected chi connectivity index (χ2v) is 9.27. The molecule has 3 heterocycles. The van der Waals surface area contributed by atoms with Crippen molar-refractivity contribution < 1.29 is 9.59 Å². The van der Waals surface area contributed by atoms with E-state index in [0.29, 0.717) is 13.1 Å². The number of rotatable bonds is 8. The molecular weight excluding hydrogens is 414 g/mol. The van der Waals surface area contributed by atoms with Crippen LogP contribution in [0.15, 0.2) is 36.4 Å². The van der Waals surface area contributed by atoms with E-state index in [1.165, 1.54) is 25.7 Å². The van der Waals surface area contributed by atoms with Gasteiger partial charge in [-0.15, -0.1) is 0 Å². The summed E-state index contributed by atoms with van der Waals surface area (Å²) in [6, 6.07) is 12.2. The lowest BCUT2D eigenvalue weighted by molar-refractivity contribution is -0.126. The van der Waals surface area contributed by atoms with Gasteiger partial charge in [0.2, 0.25) is 11.8 Å². The molecule has 2 aliphatic heterocycles. The molecular formula is C26H35N5O2. The second-order valence-electron chi connectivity index (χ2n) is 9.27. The van der Waals surface area contributed by atoms with E-state index < -0.39 is 0 Å². The molecule has 2 fully saturated rings. The first-order valence-corrected chi connectivity index (χ1v) is 12.1. The van der Waals surface area contributed by atoms with Crippen molar-refractivity contribution in [1.82, 2.24) is 15.6 Å². The van der Waals surface area contributed by atoms with Gasteiger partial charge in [-0.2, -0.15) is 0 Å². The minimum absolute atomic E-state index is 0.0556. The van der Waals surface area contributed by atoms with Gasteiger partial charge in [0, 0.05) is 38.3 Å². The number of carbonyl (C=O) groups excluding carboxylic acids is 2. The third kappa shape index (κ3) is 6.03. The summed E-state index contributed by atoms with van der Waals surface area (Å²) >= 11 is 0. The summed E-state index contributed by atoms with van der Waals surface area (Å²) in [5, 5.41) is 9.07. The van der Waals surface area contributed by atoms with Crippen LogP contribution >= 0.6 is 0 Å². The predicted octanol–water partition coefficient (Wildman–Crippen LogP) is 3.90. The SMILES string of the molecule is CCCC1CCN(c2ccc(Nc3ccc(CNC(=O)C4CNC(=O)C4)cc3)c(C)n2)CC1. The van der Waals surface area contributed by atoms with Crippen LogP contribution in [-0.2, 0) is 16.1 Å². The number of aromatic nitrogens is 1. The molecule has 33 heavy (non-hydrogen) atoms. The normalized spacial score (nSPS) is 18.8. The average molecular weight is 450 g/mol. The third-order valence-corrected chi connectivity index (χ3v) is 6.75. The van der Waals surface area contributed by atoms with E-state index >= 15 is 0 Å². The van der Waals surface area contributed by atoms with Crippen LogP contribution in [0.4, 0.5) is 17.2 Å². The number of anilines is 3. The summed E-state index contributed by atoms with van der Waals surface area (Å²) in [4.78, 5) is 30.7. The standard InChI is InChI=1S/C26H35N5O2/c1-3-4-19-11-13-31(14-12-19)24-10-9-23(18(2)29-24)30-22-7-5-20(6-8-22)16-28-26(33)21-15-25(32)27-17-21/h5-10,19,21,30H,3-4,11-17H2,1-2H3,(H,27,32)(H,28,33). The van der Waals surface area contributed by atoms with E-state index in [1.54, 1.807) is 0 Å². The summed E-state index contributed by atoms with van der Waals surface area (Å²) in [6.07, 6.45) is 5.41. The molecule has 176 valence electrons. The van der Waals surface area contributed by atoms with Gasteiger partial charge in [0.05, 0.1) is 17.3 Å². The van der Waals surface area contributed by atoms with Gasteiger partial charge in [-0.25, -0.2) is 4.98 Å². The Labute approximate surface area is 196 Å². The van der Waals surface area contributed by atoms with Crippen molar-refractivity contribution in [3.05, 3.63) is 47.7 Å². The van der Waals surface area contributed by atoms with Crippen molar-refractivity contribution >= 4 is 29.0 Å². The van der Waals surface area contributed by atoms with Gasteiger partial charge in [0.25, 0.3) is 0 Å². The maximum atomic E-state index is 12.2. The van der Waals surface area contributed by atoms with E-state index in [2.05, 4.69) is 39.9 Å². The highest BCUT2D eigenvalue weighted by Crippen LogP contribution is 2.27. The first-order chi connectivity index (χ1) is 16.0. The average Bonchev–Trinajstić information content (AvgIpc) is 3.27. The lowest BCUT2D eigenvalue weighted by atomic mass is 9.92. The lowest BCUT2D eigenvalue weighted by Gasteiger charge is -2.33. The molecule has 2 aliphatic rings. The Morgan fingerprint density at radius 3 is 2.55 bits per heavy atom. The van der Waals surface area contributed by atoms with E-state index in [0.717, 1.165) is 47.5 Å². The molecule has 2 amide bonds. The molecule has 7 nitrogen and oxygen atoms in total. The number of piperidine rings is 1. The van der Waals surface area contributed by atoms with Crippen LogP contribution in [0.25, 0.3) is 0 Å². The van der Waals surface area contributed by atoms with Crippen LogP contribution in [0.5, 0.6) is 0 Å². The Balaban J connectivity index is 1.29. The molecule has 4 rings (SSSR count). The van der Waals surface area contributed by atoms with Crippen LogP contribution in [0.2, 0.25) is 0 Å². The van der Waals surface area contributed by atoms with Crippen molar-refractivity contribution in [3.8, 4) is 0 Å². The minimum atomic E-state index is -0.264. The van der Waals surface area contributed by atoms with E-state index in [-0.39, 0.29) is 24.2 Å². The fraction of sp³-hybridized carbons (Fsp3) is 0.500. The van der Waals surface area contributed by atoms with Gasteiger partial charge < -0.3 is 20.9 Å². The Kier molecular flexibility index (Phi) is 7.47. The Morgan fingerprint density at radius 1 is 1.15 bits per heavy atom. The van der Waals surface area contributed by atoms with Gasteiger partial charge in [-0.1, -0.05) is 31.9 Å². The first kappa shape index (κ1) is 23.1. The van der Waals surface area contributed by atoms with Gasteiger partial charge in [0.15, 0.2) is 0 Å². The Morgan fingerprint density at radius 2 is 1.91 bits per heavy atom. The molecule has 0 spiro atoms. The number of benzene rings is 1. The zero-order valence-corrected chi connectivity index (χ0v) is 19.7. The van der Waals surface area contributed by atoms with Crippen LogP contribution < -0.4 is 20.9 Å². The smallest absolute Gasteiger partial charge is 0.225 e. The molecule has 0 saturated carbocycles. The van der Waals surface area contributed by atoms with Crippen molar-refractivity contribution in [3.63, 3.8) is 0 Å². The Hall–Kier alpha value is -3.09. The monoisotopic (exact) mass is 449 g/mol. The molecule has 3 N–H and O–H groups in total. The number of hydrogen-bond donors (Lipinski definition) is 3. The van der Waals surface area contributed by atoms with Crippen molar-refractivity contribution in [2.24, 2.45) is 11.8 Å². The van der Waals surface area contributed by atoms with Gasteiger partial charge in [-0.3, -0.25) is 9.59 Å². The Bertz CT molecular complexity index is 967. The highest BCUT2D eigenvalue weighted by molar-refractivity contribution is 5.89. The fourth-order valence-electron chi connectivity index (χ4n) is 4.70. The molecule has 0 bridgehead atoms. The van der Waals surface area contributed by atoms with Crippen LogP contribution in [0, 0.1) is 18.8 Å². The number of amides is 2. The third-order valence-electron chi connectivity index (χ3n) is 6.75. The quantitative estimate of drug-likeness (QED) is 0.569. The molecule has 1 aromatic heterocycles. The van der Waals surface area contributed by atoms with E-state index in [4.69, 9.17) is 4.98 Å². The number of pyridine rings is 1. The summed E-state index contributed by atoms with van der Waals surface area (Å²) in [5.74, 6) is 1.54. The van der Waals surface area contributed by atoms with Crippen molar-refractivity contribution in [2.75, 3.05) is 29.9 Å². The maximum Gasteiger partial charge on any atom is 0.225 e. The minimum Gasteiger partial charge on any atom is -0.357 e. The summed E-state index contributed by atoms with van der Waals surface area (Å²) in [5.41, 5.74) is 3.98. The second kappa shape index (κ2) is 10.7. The van der Waals surface area contributed by atoms with Crippen molar-refractivity contribution in [1.29, 1.82) is 0 Å². The van der Waals surface area contributed by atoms with Crippen LogP contribution in [-0.4, -0.2) is 36.4 Å². The number of nitrogens with one attached hydrogen (secondary N) is 3. The molecule has 2 aromatic rings. The van der Waals surface area contributed by atoms with Gasteiger partial charge in [-0.05, 0) is 55.5 Å². The van der Waals surface area contributed by atoms with Gasteiger partial charge in [0.1, 0.15) is 5.82 Å². The molecule has 0 radical (unpaired) electrons. The number of nitrogens with zero attached hydrogens (tertiary/aromatic N) is 2. The molecule has 7 heteroatoms. The first-order valence-electron chi connectivity index (χ1n) is 12.1. The molecule has 0 aliphatic carbocycles. The van der Waals surface area contributed by atoms with E-state index in [9.17, 15) is 9.59 Å². The topological polar surface area (TPSA) is 86.4 Å². The van der Waals surface area contributed by atoms with Crippen LogP contribution in [0.1, 0.15) is 50.3 Å². The fourth-order valence-corrected chi connectivity index (χ4v) is 4.70. The largest absolute Gasteiger partial charge is 0.357 e. The molecule has 1 atom stereocenters. The molecule has 1 unspecified atom stereocenters. The highest BCUT2D eigenvalue weighted by Gasteiger charge is 2.27. The molecule has 1 aromatic carbocycles. The zero-order valence-electron chi connectivity index (χ0n) is 19.7. The van der Waals surface area contributed by atoms with Crippen LogP contribution in [0.3, 0.4) is 0 Å². The van der Waals surface area contributed by atoms with Gasteiger partial charge >= 0.3 is 0 Å². The highest BCUT2D eigenvalue weighted by atomic mass is 16.2. The number of carbonyl (C=O) groups is 2. The number of hydrogen-bond acceptors (Lipinski definition) is 5. The predicted molar refractivity (Wildman–Crippen MR) is 132 cm³/mol. The maximum absolute atomic E-state index is 12.2. The van der Waals surface area contributed by atoms with Crippen molar-refractivity contribution in [2.45, 2.75) is 52.5 Å². The summed E-state index contributed by atoms with van der Waals surface area (Å²) < 4.78 is 0. The number of aryl methyl sites for hydroxylation is 1. The molecule has 2 saturated heterocycles. The summed E-state index contributed by atoms with van der Waals surface area (Å²) in [7, 11) is 0. The lowest BCUT2D eigenvalue weighted by Crippen LogP contribution is -2.34. The van der Waals surface area contributed by atoms with E-state index in [1.807, 2.05) is 31.2 Å². The zero-order chi connectivity index (χ0) is 23.2.